The van der Waals surface area contributed by atoms with Gasteiger partial charge in [0.15, 0.2) is 0 Å². The van der Waals surface area contributed by atoms with Crippen molar-refractivity contribution in [3.63, 3.8) is 0 Å². The lowest BCUT2D eigenvalue weighted by molar-refractivity contribution is 0.0509. The molecule has 1 N–H and O–H groups in total. The van der Waals surface area contributed by atoms with Crippen LogP contribution in [0.4, 0.5) is 11.8 Å². The summed E-state index contributed by atoms with van der Waals surface area (Å²) in [6.45, 7) is 13.3. The second-order valence-electron chi connectivity index (χ2n) is 13.1. The Morgan fingerprint density at radius 1 is 0.978 bits per heavy atom. The monoisotopic (exact) mass is 623 g/mol. The molecule has 2 aliphatic heterocycles. The van der Waals surface area contributed by atoms with Crippen molar-refractivity contribution < 1.29 is 9.53 Å². The molecule has 0 spiro atoms. The number of amides is 1. The first-order valence-electron chi connectivity index (χ1n) is 15.6. The number of carbonyl (C=O) groups is 1. The summed E-state index contributed by atoms with van der Waals surface area (Å²) in [5.41, 5.74) is 5.38. The van der Waals surface area contributed by atoms with Crippen molar-refractivity contribution in [2.24, 2.45) is 5.41 Å². The molecule has 45 heavy (non-hydrogen) atoms. The van der Waals surface area contributed by atoms with E-state index in [-0.39, 0.29) is 24.0 Å². The maximum absolute atomic E-state index is 14.4. The van der Waals surface area contributed by atoms with Gasteiger partial charge in [-0.3, -0.25) is 14.5 Å². The standard InChI is InChI=1S/C35H41N7O2S/c1-23-10-8-11-24(2)32(23)29-17-31-39-34(38-29)40-45-28-13-9-12-25(16-28)33(43)42(27(22-44-31)18-35(3,4)5)21-26-19-36-20-30(37-26)41-14-6-7-15-41/h8-13,16-17,19-20,27H,6-7,14-15,18,21-22H2,1-5H3,(H,38,39,40)/t27-/m1/s1. The smallest absolute Gasteiger partial charge is 0.254 e. The lowest BCUT2D eigenvalue weighted by Gasteiger charge is -2.35. The van der Waals surface area contributed by atoms with E-state index in [1.165, 1.54) is 11.9 Å². The number of carbonyl (C=O) groups excluding carboxylic acids is 1. The molecule has 0 radical (unpaired) electrons. The number of anilines is 2. The molecule has 1 amide bonds. The Labute approximate surface area is 270 Å². The number of aryl methyl sites for hydroxylation is 2. The molecule has 2 aromatic carbocycles. The zero-order chi connectivity index (χ0) is 31.6. The Morgan fingerprint density at radius 2 is 1.73 bits per heavy atom. The topological polar surface area (TPSA) is 96.4 Å². The summed E-state index contributed by atoms with van der Waals surface area (Å²) in [4.78, 5) is 38.6. The Hall–Kier alpha value is -4.18. The van der Waals surface area contributed by atoms with E-state index in [0.29, 0.717) is 30.4 Å². The van der Waals surface area contributed by atoms with Gasteiger partial charge in [-0.05, 0) is 79.8 Å². The Morgan fingerprint density at radius 3 is 2.49 bits per heavy atom. The zero-order valence-corrected chi connectivity index (χ0v) is 27.5. The molecule has 10 heteroatoms. The molecule has 4 aromatic rings. The fraction of sp³-hybridized carbons (Fsp3) is 0.400. The second kappa shape index (κ2) is 13.0. The molecule has 1 fully saturated rings. The summed E-state index contributed by atoms with van der Waals surface area (Å²) >= 11 is 1.37. The van der Waals surface area contributed by atoms with Crippen LogP contribution in [0.2, 0.25) is 0 Å². The van der Waals surface area contributed by atoms with Crippen LogP contribution in [0.3, 0.4) is 0 Å². The molecule has 234 valence electrons. The molecule has 4 heterocycles. The molecule has 4 bridgehead atoms. The molecule has 2 aliphatic rings. The Kier molecular flexibility index (Phi) is 8.94. The number of aromatic nitrogens is 4. The fourth-order valence-corrected chi connectivity index (χ4v) is 6.75. The molecule has 0 saturated carbocycles. The van der Waals surface area contributed by atoms with Crippen LogP contribution in [0.1, 0.15) is 67.2 Å². The number of rotatable bonds is 5. The maximum atomic E-state index is 14.4. The number of hydrogen-bond acceptors (Lipinski definition) is 9. The molecule has 2 aromatic heterocycles. The van der Waals surface area contributed by atoms with Crippen LogP contribution in [0, 0.1) is 19.3 Å². The van der Waals surface area contributed by atoms with Crippen LogP contribution in [-0.4, -0.2) is 56.5 Å². The van der Waals surface area contributed by atoms with Crippen LogP contribution in [-0.2, 0) is 6.54 Å². The average Bonchev–Trinajstić information content (AvgIpc) is 3.55. The molecular formula is C35H41N7O2S. The van der Waals surface area contributed by atoms with Crippen molar-refractivity contribution in [3.8, 4) is 17.1 Å². The molecule has 1 atom stereocenters. The van der Waals surface area contributed by atoms with E-state index < -0.39 is 0 Å². The van der Waals surface area contributed by atoms with Gasteiger partial charge in [0.1, 0.15) is 12.4 Å². The van der Waals surface area contributed by atoms with Gasteiger partial charge in [0, 0.05) is 35.2 Å². The summed E-state index contributed by atoms with van der Waals surface area (Å²) < 4.78 is 9.80. The van der Waals surface area contributed by atoms with Gasteiger partial charge < -0.3 is 14.5 Å². The summed E-state index contributed by atoms with van der Waals surface area (Å²) in [5.74, 6) is 1.70. The van der Waals surface area contributed by atoms with E-state index >= 15 is 0 Å². The van der Waals surface area contributed by atoms with Gasteiger partial charge in [0.05, 0.1) is 36.4 Å². The first-order valence-corrected chi connectivity index (χ1v) is 16.4. The first kappa shape index (κ1) is 30.8. The van der Waals surface area contributed by atoms with E-state index in [4.69, 9.17) is 19.7 Å². The SMILES string of the molecule is Cc1cccc(C)c1-c1cc2nc(n1)NSc1cccc(c1)C(=O)N(Cc1cncc(N3CCCC3)n1)[C@H](CC(C)(C)C)CO2. The third-order valence-electron chi connectivity index (χ3n) is 8.19. The highest BCUT2D eigenvalue weighted by molar-refractivity contribution is 8.00. The van der Waals surface area contributed by atoms with Crippen molar-refractivity contribution in [2.75, 3.05) is 29.3 Å². The lowest BCUT2D eigenvalue weighted by Crippen LogP contribution is -2.45. The van der Waals surface area contributed by atoms with E-state index in [1.54, 1.807) is 6.20 Å². The van der Waals surface area contributed by atoms with Crippen molar-refractivity contribution in [2.45, 2.75) is 71.4 Å². The predicted octanol–water partition coefficient (Wildman–Crippen LogP) is 7.11. The third kappa shape index (κ3) is 7.39. The first-order chi connectivity index (χ1) is 21.6. The molecule has 1 saturated heterocycles. The van der Waals surface area contributed by atoms with Crippen molar-refractivity contribution in [1.82, 2.24) is 24.8 Å². The van der Waals surface area contributed by atoms with Crippen LogP contribution < -0.4 is 14.4 Å². The van der Waals surface area contributed by atoms with E-state index in [2.05, 4.69) is 67.4 Å². The van der Waals surface area contributed by atoms with Gasteiger partial charge in [-0.1, -0.05) is 45.0 Å². The number of hydrogen-bond donors (Lipinski definition) is 1. The molecule has 9 nitrogen and oxygen atoms in total. The summed E-state index contributed by atoms with van der Waals surface area (Å²) in [7, 11) is 0. The summed E-state index contributed by atoms with van der Waals surface area (Å²) in [6, 6.07) is 15.5. The lowest BCUT2D eigenvalue weighted by atomic mass is 9.87. The Balaban J connectivity index is 1.41. The van der Waals surface area contributed by atoms with Crippen molar-refractivity contribution in [1.29, 1.82) is 0 Å². The highest BCUT2D eigenvalue weighted by Gasteiger charge is 2.31. The summed E-state index contributed by atoms with van der Waals surface area (Å²) in [6.07, 6.45) is 6.61. The highest BCUT2D eigenvalue weighted by atomic mass is 32.2. The van der Waals surface area contributed by atoms with E-state index in [9.17, 15) is 4.79 Å². The van der Waals surface area contributed by atoms with E-state index in [1.807, 2.05) is 41.4 Å². The maximum Gasteiger partial charge on any atom is 0.254 e. The molecule has 0 aliphatic carbocycles. The largest absolute Gasteiger partial charge is 0.475 e. The number of nitrogens with one attached hydrogen (secondary N) is 1. The fourth-order valence-electron chi connectivity index (χ4n) is 6.11. The van der Waals surface area contributed by atoms with Gasteiger partial charge in [0.25, 0.3) is 5.91 Å². The second-order valence-corrected chi connectivity index (χ2v) is 14.0. The molecule has 0 unspecified atom stereocenters. The minimum atomic E-state index is -0.262. The van der Waals surface area contributed by atoms with Crippen molar-refractivity contribution in [3.05, 3.63) is 83.3 Å². The van der Waals surface area contributed by atoms with Gasteiger partial charge in [-0.25, -0.2) is 9.97 Å². The molecular weight excluding hydrogens is 582 g/mol. The van der Waals surface area contributed by atoms with Gasteiger partial charge in [0.2, 0.25) is 11.8 Å². The minimum absolute atomic E-state index is 0.0723. The quantitative estimate of drug-likeness (QED) is 0.233. The van der Waals surface area contributed by atoms with Gasteiger partial charge in [-0.15, -0.1) is 0 Å². The Bertz CT molecular complexity index is 1660. The van der Waals surface area contributed by atoms with Crippen molar-refractivity contribution >= 4 is 29.6 Å². The average molecular weight is 624 g/mol. The van der Waals surface area contributed by atoms with Gasteiger partial charge >= 0.3 is 0 Å². The van der Waals surface area contributed by atoms with Crippen LogP contribution >= 0.6 is 11.9 Å². The summed E-state index contributed by atoms with van der Waals surface area (Å²) in [5, 5.41) is 0. The predicted molar refractivity (Wildman–Crippen MR) is 180 cm³/mol. The molecule has 6 rings (SSSR count). The van der Waals surface area contributed by atoms with Crippen LogP contribution in [0.5, 0.6) is 5.88 Å². The number of nitrogens with zero attached hydrogens (tertiary/aromatic N) is 6. The number of fused-ring (bicyclic) bond motifs is 4. The normalized spacial score (nSPS) is 17.2. The van der Waals surface area contributed by atoms with Crippen LogP contribution in [0.25, 0.3) is 11.3 Å². The van der Waals surface area contributed by atoms with Gasteiger partial charge in [-0.2, -0.15) is 4.98 Å². The number of ether oxygens (including phenoxy) is 1. The number of benzene rings is 2. The van der Waals surface area contributed by atoms with E-state index in [0.717, 1.165) is 64.7 Å². The minimum Gasteiger partial charge on any atom is -0.475 e. The highest BCUT2D eigenvalue weighted by Crippen LogP contribution is 2.32. The zero-order valence-electron chi connectivity index (χ0n) is 26.7. The van der Waals surface area contributed by atoms with Crippen LogP contribution in [0.15, 0.2) is 65.8 Å². The third-order valence-corrected chi connectivity index (χ3v) is 8.96.